The number of esters is 1. The molecule has 3 atom stereocenters. The van der Waals surface area contributed by atoms with E-state index in [2.05, 4.69) is 10.1 Å². The molecule has 0 bridgehead atoms. The van der Waals surface area contributed by atoms with Crippen LogP contribution in [0.15, 0.2) is 42.0 Å². The monoisotopic (exact) mass is 447 g/mol. The van der Waals surface area contributed by atoms with Gasteiger partial charge in [0.25, 0.3) is 0 Å². The lowest BCUT2D eigenvalue weighted by molar-refractivity contribution is -0.155. The molecule has 1 aromatic carbocycles. The fourth-order valence-electron chi connectivity index (χ4n) is 3.44. The van der Waals surface area contributed by atoms with Gasteiger partial charge in [0, 0.05) is 18.1 Å². The number of allylic oxidation sites excluding steroid dienone is 1. The number of aliphatic hydroxyl groups excluding tert-OH is 1. The van der Waals surface area contributed by atoms with E-state index in [4.69, 9.17) is 5.73 Å². The van der Waals surface area contributed by atoms with Crippen LogP contribution in [0.2, 0.25) is 0 Å². The maximum absolute atomic E-state index is 12.8. The summed E-state index contributed by atoms with van der Waals surface area (Å²) in [5.41, 5.74) is 7.50. The molecule has 3 unspecified atom stereocenters. The summed E-state index contributed by atoms with van der Waals surface area (Å²) >= 11 is 1.67. The molecule has 0 saturated carbocycles. The molecule has 3 rings (SSSR count). The molecule has 2 heterocycles. The fraction of sp³-hybridized carbons (Fsp3) is 0.429. The van der Waals surface area contributed by atoms with Crippen molar-refractivity contribution in [2.45, 2.75) is 30.9 Å². The van der Waals surface area contributed by atoms with Crippen LogP contribution < -0.4 is 11.1 Å². The van der Waals surface area contributed by atoms with Gasteiger partial charge in [0.05, 0.1) is 13.0 Å². The number of carbonyl (C=O) groups excluding carboxylic acids is 4. The van der Waals surface area contributed by atoms with Crippen LogP contribution in [0.4, 0.5) is 0 Å². The van der Waals surface area contributed by atoms with Gasteiger partial charge in [-0.3, -0.25) is 19.2 Å². The third kappa shape index (κ3) is 6.31. The van der Waals surface area contributed by atoms with Gasteiger partial charge in [-0.1, -0.05) is 36.4 Å². The lowest BCUT2D eigenvalue weighted by Crippen LogP contribution is -2.49. The summed E-state index contributed by atoms with van der Waals surface area (Å²) in [5.74, 6) is -2.03. The van der Waals surface area contributed by atoms with E-state index < -0.39 is 41.9 Å². The van der Waals surface area contributed by atoms with Gasteiger partial charge < -0.3 is 25.8 Å². The van der Waals surface area contributed by atoms with Crippen molar-refractivity contribution in [3.8, 4) is 0 Å². The van der Waals surface area contributed by atoms with E-state index in [0.717, 1.165) is 11.3 Å². The number of nitrogens with zero attached hydrogens (tertiary/aromatic N) is 1. The number of hydrogen-bond acceptors (Lipinski definition) is 7. The van der Waals surface area contributed by atoms with Crippen molar-refractivity contribution >= 4 is 35.5 Å². The van der Waals surface area contributed by atoms with E-state index >= 15 is 0 Å². The SMILES string of the molecule is NC(=O)C1CC=C(CSCc2ccccc2)CN(CC(=O)NC2CC(=O)OC2O)C1=O. The van der Waals surface area contributed by atoms with Crippen LogP contribution in [0.1, 0.15) is 18.4 Å². The summed E-state index contributed by atoms with van der Waals surface area (Å²) in [5, 5.41) is 12.1. The number of thioether (sulfide) groups is 1. The second kappa shape index (κ2) is 10.5. The Morgan fingerprint density at radius 3 is 2.61 bits per heavy atom. The summed E-state index contributed by atoms with van der Waals surface area (Å²) < 4.78 is 4.60. The molecule has 31 heavy (non-hydrogen) atoms. The highest BCUT2D eigenvalue weighted by Gasteiger charge is 2.36. The lowest BCUT2D eigenvalue weighted by atomic mass is 10.0. The summed E-state index contributed by atoms with van der Waals surface area (Å²) in [6.07, 6.45) is 0.471. The molecule has 1 fully saturated rings. The van der Waals surface area contributed by atoms with E-state index in [-0.39, 0.29) is 25.9 Å². The van der Waals surface area contributed by atoms with Crippen molar-refractivity contribution in [3.63, 3.8) is 0 Å². The molecule has 1 saturated heterocycles. The molecule has 0 aromatic heterocycles. The van der Waals surface area contributed by atoms with Crippen molar-refractivity contribution in [2.24, 2.45) is 11.7 Å². The van der Waals surface area contributed by atoms with Gasteiger partial charge in [-0.15, -0.1) is 0 Å². The average molecular weight is 448 g/mol. The predicted molar refractivity (Wildman–Crippen MR) is 113 cm³/mol. The first-order valence-corrected chi connectivity index (χ1v) is 11.0. The highest BCUT2D eigenvalue weighted by atomic mass is 32.2. The highest BCUT2D eigenvalue weighted by Crippen LogP contribution is 2.22. The van der Waals surface area contributed by atoms with Crippen LogP contribution in [0, 0.1) is 5.92 Å². The normalized spacial score (nSPS) is 23.7. The van der Waals surface area contributed by atoms with E-state index in [1.165, 1.54) is 10.5 Å². The minimum atomic E-state index is -1.42. The summed E-state index contributed by atoms with van der Waals surface area (Å²) in [6.45, 7) is -0.124. The zero-order valence-electron chi connectivity index (χ0n) is 16.9. The number of nitrogens with two attached hydrogens (primary N) is 1. The number of primary amides is 1. The molecule has 2 aliphatic rings. The molecule has 1 aromatic rings. The summed E-state index contributed by atoms with van der Waals surface area (Å²) in [7, 11) is 0. The third-order valence-corrected chi connectivity index (χ3v) is 6.16. The number of benzene rings is 1. The zero-order chi connectivity index (χ0) is 22.4. The van der Waals surface area contributed by atoms with Crippen LogP contribution >= 0.6 is 11.8 Å². The molecule has 10 heteroatoms. The Morgan fingerprint density at radius 1 is 1.23 bits per heavy atom. The Morgan fingerprint density at radius 2 is 1.97 bits per heavy atom. The molecule has 0 radical (unpaired) electrons. The first-order valence-electron chi connectivity index (χ1n) is 9.88. The smallest absolute Gasteiger partial charge is 0.310 e. The molecular formula is C21H25N3O6S. The quantitative estimate of drug-likeness (QED) is 0.288. The van der Waals surface area contributed by atoms with Gasteiger partial charge in [0.15, 0.2) is 0 Å². The number of amides is 3. The molecule has 0 spiro atoms. The predicted octanol–water partition coefficient (Wildman–Crippen LogP) is -0.0699. The van der Waals surface area contributed by atoms with Gasteiger partial charge in [0.1, 0.15) is 12.0 Å². The van der Waals surface area contributed by atoms with Gasteiger partial charge in [-0.05, 0) is 17.6 Å². The van der Waals surface area contributed by atoms with Crippen LogP contribution in [0.25, 0.3) is 0 Å². The number of hydrogen-bond donors (Lipinski definition) is 3. The second-order valence-electron chi connectivity index (χ2n) is 7.48. The Kier molecular flexibility index (Phi) is 7.69. The minimum absolute atomic E-state index is 0.147. The second-order valence-corrected chi connectivity index (χ2v) is 8.47. The molecular weight excluding hydrogens is 422 g/mol. The van der Waals surface area contributed by atoms with E-state index in [1.807, 2.05) is 36.4 Å². The van der Waals surface area contributed by atoms with Crippen LogP contribution in [-0.2, 0) is 29.7 Å². The molecule has 2 aliphatic heterocycles. The zero-order valence-corrected chi connectivity index (χ0v) is 17.7. The fourth-order valence-corrected chi connectivity index (χ4v) is 4.44. The van der Waals surface area contributed by atoms with E-state index in [9.17, 15) is 24.3 Å². The Hall–Kier alpha value is -2.85. The number of ether oxygens (including phenoxy) is 1. The van der Waals surface area contributed by atoms with Crippen molar-refractivity contribution in [1.82, 2.24) is 10.2 Å². The summed E-state index contributed by atoms with van der Waals surface area (Å²) in [4.78, 5) is 49.5. The number of rotatable bonds is 8. The topological polar surface area (TPSA) is 139 Å². The van der Waals surface area contributed by atoms with Crippen LogP contribution in [-0.4, -0.2) is 64.9 Å². The molecule has 9 nitrogen and oxygen atoms in total. The van der Waals surface area contributed by atoms with E-state index in [0.29, 0.717) is 5.75 Å². The maximum Gasteiger partial charge on any atom is 0.310 e. The maximum atomic E-state index is 12.8. The van der Waals surface area contributed by atoms with Crippen molar-refractivity contribution in [1.29, 1.82) is 0 Å². The molecule has 166 valence electrons. The van der Waals surface area contributed by atoms with Crippen LogP contribution in [0.3, 0.4) is 0 Å². The van der Waals surface area contributed by atoms with Crippen LogP contribution in [0.5, 0.6) is 0 Å². The van der Waals surface area contributed by atoms with Gasteiger partial charge in [-0.2, -0.15) is 11.8 Å². The molecule has 4 N–H and O–H groups in total. The Bertz CT molecular complexity index is 875. The largest absolute Gasteiger partial charge is 0.434 e. The number of cyclic esters (lactones) is 1. The van der Waals surface area contributed by atoms with Gasteiger partial charge in [-0.25, -0.2) is 0 Å². The van der Waals surface area contributed by atoms with Gasteiger partial charge in [0.2, 0.25) is 24.0 Å². The standard InChI is InChI=1S/C21H25N3O6S/c22-19(27)15-7-6-14(12-31-11-13-4-2-1-3-5-13)9-24(20(15)28)10-17(25)23-16-8-18(26)30-21(16)29/h1-6,15-16,21,29H,7-12H2,(H2,22,27)(H,23,25). The molecule has 0 aliphatic carbocycles. The Balaban J connectivity index is 1.61. The summed E-state index contributed by atoms with van der Waals surface area (Å²) in [6, 6.07) is 9.08. The van der Waals surface area contributed by atoms with Crippen molar-refractivity contribution in [2.75, 3.05) is 18.8 Å². The highest BCUT2D eigenvalue weighted by molar-refractivity contribution is 7.98. The lowest BCUT2D eigenvalue weighted by Gasteiger charge is -2.25. The molecule has 3 amide bonds. The third-order valence-electron chi connectivity index (χ3n) is 5.05. The van der Waals surface area contributed by atoms with Crippen molar-refractivity contribution in [3.05, 3.63) is 47.5 Å². The average Bonchev–Trinajstić information content (AvgIpc) is 2.94. The van der Waals surface area contributed by atoms with Crippen molar-refractivity contribution < 1.29 is 29.0 Å². The minimum Gasteiger partial charge on any atom is -0.434 e. The Labute approximate surface area is 184 Å². The van der Waals surface area contributed by atoms with Gasteiger partial charge >= 0.3 is 5.97 Å². The number of carbonyl (C=O) groups is 4. The number of nitrogens with one attached hydrogen (secondary N) is 1. The number of aliphatic hydroxyl groups is 1. The van der Waals surface area contributed by atoms with E-state index in [1.54, 1.807) is 11.8 Å². The first-order chi connectivity index (χ1) is 14.8. The first kappa shape index (κ1) is 22.8.